The Balaban J connectivity index is 1.32. The number of aromatic nitrogens is 5. The van der Waals surface area contributed by atoms with Crippen molar-refractivity contribution < 1.29 is 4.79 Å². The second-order valence-electron chi connectivity index (χ2n) is 8.99. The van der Waals surface area contributed by atoms with Gasteiger partial charge in [0.05, 0.1) is 40.8 Å². The molecule has 8 heteroatoms. The standard InChI is InChI=1S/C29H23ClN6O/c1-18-27-25(14-26(33-28(27)35(2)34-18)20-10-12-22(30)13-11-20)29(37)32-23-15-31-36(17-23)16-21-8-5-7-19-6-3-4-9-24(19)21/h3-15,17H,16H2,1-2H3,(H,32,37). The van der Waals surface area contributed by atoms with Gasteiger partial charge < -0.3 is 5.32 Å². The molecule has 7 nitrogen and oxygen atoms in total. The quantitative estimate of drug-likeness (QED) is 0.300. The maximum atomic E-state index is 13.5. The van der Waals surface area contributed by atoms with E-state index in [-0.39, 0.29) is 5.91 Å². The van der Waals surface area contributed by atoms with Gasteiger partial charge in [0.1, 0.15) is 0 Å². The molecule has 0 aliphatic carbocycles. The molecule has 0 bridgehead atoms. The van der Waals surface area contributed by atoms with Crippen molar-refractivity contribution in [1.82, 2.24) is 24.5 Å². The number of carbonyl (C=O) groups is 1. The van der Waals surface area contributed by atoms with Crippen LogP contribution in [0.5, 0.6) is 0 Å². The Kier molecular flexibility index (Phi) is 5.70. The first-order valence-electron chi connectivity index (χ1n) is 11.9. The lowest BCUT2D eigenvalue weighted by molar-refractivity contribution is 0.102. The molecule has 182 valence electrons. The van der Waals surface area contributed by atoms with Gasteiger partial charge in [0.15, 0.2) is 5.65 Å². The normalized spacial score (nSPS) is 11.3. The summed E-state index contributed by atoms with van der Waals surface area (Å²) in [7, 11) is 1.83. The highest BCUT2D eigenvalue weighted by molar-refractivity contribution is 6.30. The van der Waals surface area contributed by atoms with Crippen molar-refractivity contribution >= 4 is 45.0 Å². The van der Waals surface area contributed by atoms with Crippen molar-refractivity contribution in [2.75, 3.05) is 5.32 Å². The zero-order valence-electron chi connectivity index (χ0n) is 20.3. The molecule has 0 radical (unpaired) electrons. The number of benzene rings is 3. The molecule has 3 aromatic carbocycles. The van der Waals surface area contributed by atoms with E-state index >= 15 is 0 Å². The molecular formula is C29H23ClN6O. The third-order valence-corrected chi connectivity index (χ3v) is 6.71. The van der Waals surface area contributed by atoms with E-state index in [1.165, 1.54) is 10.8 Å². The van der Waals surface area contributed by atoms with Crippen LogP contribution in [0.15, 0.2) is 85.2 Å². The van der Waals surface area contributed by atoms with Gasteiger partial charge in [0.25, 0.3) is 5.91 Å². The van der Waals surface area contributed by atoms with Crippen molar-refractivity contribution in [2.45, 2.75) is 13.5 Å². The van der Waals surface area contributed by atoms with Crippen LogP contribution >= 0.6 is 11.6 Å². The number of amides is 1. The van der Waals surface area contributed by atoms with Crippen LogP contribution in [-0.4, -0.2) is 30.5 Å². The molecular weight excluding hydrogens is 484 g/mol. The van der Waals surface area contributed by atoms with Crippen molar-refractivity contribution in [3.8, 4) is 11.3 Å². The van der Waals surface area contributed by atoms with Crippen molar-refractivity contribution in [3.05, 3.63) is 107 Å². The predicted molar refractivity (Wildman–Crippen MR) is 147 cm³/mol. The Morgan fingerprint density at radius 3 is 2.65 bits per heavy atom. The van der Waals surface area contributed by atoms with Gasteiger partial charge in [-0.25, -0.2) is 4.98 Å². The average molecular weight is 507 g/mol. The van der Waals surface area contributed by atoms with Gasteiger partial charge in [-0.05, 0) is 41.5 Å². The first-order chi connectivity index (χ1) is 18.0. The van der Waals surface area contributed by atoms with E-state index in [9.17, 15) is 4.79 Å². The average Bonchev–Trinajstić information content (AvgIpc) is 3.46. The number of rotatable bonds is 5. The van der Waals surface area contributed by atoms with Crippen molar-refractivity contribution in [3.63, 3.8) is 0 Å². The third-order valence-electron chi connectivity index (χ3n) is 6.46. The van der Waals surface area contributed by atoms with Crippen LogP contribution in [0.4, 0.5) is 5.69 Å². The van der Waals surface area contributed by atoms with Crippen LogP contribution < -0.4 is 5.32 Å². The van der Waals surface area contributed by atoms with Crippen LogP contribution in [0.2, 0.25) is 5.02 Å². The molecule has 0 fully saturated rings. The molecule has 0 aliphatic heterocycles. The van der Waals surface area contributed by atoms with Crippen LogP contribution in [0.3, 0.4) is 0 Å². The Hall–Kier alpha value is -4.49. The highest BCUT2D eigenvalue weighted by atomic mass is 35.5. The zero-order valence-corrected chi connectivity index (χ0v) is 21.1. The number of hydrogen-bond donors (Lipinski definition) is 1. The summed E-state index contributed by atoms with van der Waals surface area (Å²) < 4.78 is 3.52. The molecule has 0 saturated carbocycles. The second-order valence-corrected chi connectivity index (χ2v) is 9.42. The van der Waals surface area contributed by atoms with E-state index in [1.54, 1.807) is 29.1 Å². The fourth-order valence-corrected chi connectivity index (χ4v) is 4.84. The molecule has 0 unspecified atom stereocenters. The minimum Gasteiger partial charge on any atom is -0.319 e. The van der Waals surface area contributed by atoms with Gasteiger partial charge in [-0.1, -0.05) is 66.2 Å². The third kappa shape index (κ3) is 4.34. The van der Waals surface area contributed by atoms with Crippen LogP contribution in [0.25, 0.3) is 33.1 Å². The van der Waals surface area contributed by atoms with Gasteiger partial charge in [0.2, 0.25) is 0 Å². The Morgan fingerprint density at radius 2 is 1.81 bits per heavy atom. The fraction of sp³-hybridized carbons (Fsp3) is 0.103. The number of hydrogen-bond acceptors (Lipinski definition) is 4. The van der Waals surface area contributed by atoms with E-state index in [0.717, 1.165) is 22.2 Å². The molecule has 1 N–H and O–H groups in total. The van der Waals surface area contributed by atoms with Gasteiger partial charge in [0, 0.05) is 23.8 Å². The van der Waals surface area contributed by atoms with E-state index in [1.807, 2.05) is 55.2 Å². The molecule has 0 spiro atoms. The first-order valence-corrected chi connectivity index (χ1v) is 12.2. The van der Waals surface area contributed by atoms with Crippen molar-refractivity contribution in [1.29, 1.82) is 0 Å². The van der Waals surface area contributed by atoms with Crippen molar-refractivity contribution in [2.24, 2.45) is 7.05 Å². The summed E-state index contributed by atoms with van der Waals surface area (Å²) in [6, 6.07) is 23.7. The van der Waals surface area contributed by atoms with Gasteiger partial charge >= 0.3 is 0 Å². The molecule has 6 rings (SSSR count). The monoisotopic (exact) mass is 506 g/mol. The molecule has 3 aromatic heterocycles. The minimum atomic E-state index is -0.247. The predicted octanol–water partition coefficient (Wildman–Crippen LogP) is 6.25. The largest absolute Gasteiger partial charge is 0.319 e. The minimum absolute atomic E-state index is 0.247. The highest BCUT2D eigenvalue weighted by Crippen LogP contribution is 2.28. The van der Waals surface area contributed by atoms with Gasteiger partial charge in [-0.3, -0.25) is 14.2 Å². The number of anilines is 1. The number of nitrogens with one attached hydrogen (secondary N) is 1. The molecule has 6 aromatic rings. The maximum Gasteiger partial charge on any atom is 0.256 e. The fourth-order valence-electron chi connectivity index (χ4n) is 4.71. The summed E-state index contributed by atoms with van der Waals surface area (Å²) in [6.45, 7) is 2.48. The molecule has 0 atom stereocenters. The summed E-state index contributed by atoms with van der Waals surface area (Å²) in [6.07, 6.45) is 3.51. The van der Waals surface area contributed by atoms with E-state index < -0.39 is 0 Å². The summed E-state index contributed by atoms with van der Waals surface area (Å²) in [5, 5.41) is 15.7. The molecule has 1 amide bonds. The molecule has 0 saturated heterocycles. The number of halogens is 1. The maximum absolute atomic E-state index is 13.5. The lowest BCUT2D eigenvalue weighted by Gasteiger charge is -2.09. The molecule has 37 heavy (non-hydrogen) atoms. The lowest BCUT2D eigenvalue weighted by Crippen LogP contribution is -2.13. The van der Waals surface area contributed by atoms with Gasteiger partial charge in [-0.15, -0.1) is 0 Å². The molecule has 3 heterocycles. The zero-order chi connectivity index (χ0) is 25.5. The summed E-state index contributed by atoms with van der Waals surface area (Å²) in [4.78, 5) is 18.3. The van der Waals surface area contributed by atoms with Crippen LogP contribution in [0.1, 0.15) is 21.6 Å². The Bertz CT molecular complexity index is 1780. The Labute approximate surface area is 218 Å². The number of aryl methyl sites for hydroxylation is 2. The lowest BCUT2D eigenvalue weighted by atomic mass is 10.0. The van der Waals surface area contributed by atoms with Crippen LogP contribution in [0, 0.1) is 6.92 Å². The number of carbonyl (C=O) groups excluding carboxylic acids is 1. The second kappa shape index (κ2) is 9.19. The summed E-state index contributed by atoms with van der Waals surface area (Å²) in [5.41, 5.74) is 5.19. The summed E-state index contributed by atoms with van der Waals surface area (Å²) >= 11 is 6.07. The topological polar surface area (TPSA) is 77.6 Å². The highest BCUT2D eigenvalue weighted by Gasteiger charge is 2.20. The summed E-state index contributed by atoms with van der Waals surface area (Å²) in [5.74, 6) is -0.247. The van der Waals surface area contributed by atoms with E-state index in [4.69, 9.17) is 16.6 Å². The van der Waals surface area contributed by atoms with E-state index in [2.05, 4.69) is 39.8 Å². The molecule has 0 aliphatic rings. The number of nitrogens with zero attached hydrogens (tertiary/aromatic N) is 5. The van der Waals surface area contributed by atoms with Crippen LogP contribution in [-0.2, 0) is 13.6 Å². The number of pyridine rings is 1. The van der Waals surface area contributed by atoms with Gasteiger partial charge in [-0.2, -0.15) is 10.2 Å². The smallest absolute Gasteiger partial charge is 0.256 e. The SMILES string of the molecule is Cc1nn(C)c2nc(-c3ccc(Cl)cc3)cc(C(=O)Nc3cnn(Cc4cccc5ccccc45)c3)c12. The number of fused-ring (bicyclic) bond motifs is 2. The Morgan fingerprint density at radius 1 is 1.03 bits per heavy atom. The van der Waals surface area contributed by atoms with E-state index in [0.29, 0.717) is 34.2 Å². The first kappa shape index (κ1) is 22.9.